The zero-order valence-corrected chi connectivity index (χ0v) is 18.3. The molecule has 34 heavy (non-hydrogen) atoms. The van der Waals surface area contributed by atoms with E-state index in [-0.39, 0.29) is 16.8 Å². The summed E-state index contributed by atoms with van der Waals surface area (Å²) in [6.45, 7) is 1.77. The minimum atomic E-state index is -1.26. The van der Waals surface area contributed by atoms with E-state index in [0.717, 1.165) is 22.6 Å². The summed E-state index contributed by atoms with van der Waals surface area (Å²) in [5, 5.41) is 11.5. The Balaban J connectivity index is 1.61. The van der Waals surface area contributed by atoms with Crippen LogP contribution in [0.2, 0.25) is 5.02 Å². The van der Waals surface area contributed by atoms with Gasteiger partial charge in [-0.1, -0.05) is 29.8 Å². The molecule has 2 heterocycles. The quantitative estimate of drug-likeness (QED) is 0.238. The Hall–Kier alpha value is -4.11. The van der Waals surface area contributed by atoms with Gasteiger partial charge in [-0.25, -0.2) is 4.39 Å². The van der Waals surface area contributed by atoms with Crippen molar-refractivity contribution >= 4 is 40.7 Å². The first kappa shape index (κ1) is 21.7. The number of carbonyl (C=O) groups excluding carboxylic acids is 3. The van der Waals surface area contributed by atoms with Crippen LogP contribution < -0.4 is 4.90 Å². The zero-order valence-electron chi connectivity index (χ0n) is 17.6. The molecule has 0 aromatic heterocycles. The summed E-state index contributed by atoms with van der Waals surface area (Å²) >= 11 is 6.15. The second kappa shape index (κ2) is 7.74. The smallest absolute Gasteiger partial charge is 0.270 e. The van der Waals surface area contributed by atoms with Crippen LogP contribution in [0.4, 0.5) is 15.8 Å². The highest BCUT2D eigenvalue weighted by Crippen LogP contribution is 2.46. The number of nitro groups is 1. The summed E-state index contributed by atoms with van der Waals surface area (Å²) in [6.07, 6.45) is 0. The summed E-state index contributed by atoms with van der Waals surface area (Å²) in [6, 6.07) is 11.7. The van der Waals surface area contributed by atoms with Crippen molar-refractivity contribution in [3.05, 3.63) is 104 Å². The number of halogens is 2. The van der Waals surface area contributed by atoms with Gasteiger partial charge >= 0.3 is 0 Å². The van der Waals surface area contributed by atoms with E-state index in [4.69, 9.17) is 11.6 Å². The number of fused-ring (bicyclic) bond motifs is 1. The van der Waals surface area contributed by atoms with Crippen molar-refractivity contribution in [2.24, 2.45) is 0 Å². The van der Waals surface area contributed by atoms with Crippen LogP contribution in [-0.4, -0.2) is 33.6 Å². The number of aryl methyl sites for hydroxylation is 1. The van der Waals surface area contributed by atoms with E-state index in [0.29, 0.717) is 16.3 Å². The SMILES string of the molecule is Cc1ccc(Cl)cc1N1C(=O)C(N2C(=O)c3ccc([N+](=O)[O-])cc3C2=O)C1c1cccc(F)c1. The molecule has 2 aliphatic heterocycles. The predicted molar refractivity (Wildman–Crippen MR) is 120 cm³/mol. The number of non-ortho nitro benzene ring substituents is 1. The minimum Gasteiger partial charge on any atom is -0.300 e. The Bertz CT molecular complexity index is 1430. The van der Waals surface area contributed by atoms with Crippen molar-refractivity contribution in [2.75, 3.05) is 4.90 Å². The number of nitro benzene ring substituents is 1. The number of anilines is 1. The van der Waals surface area contributed by atoms with Crippen LogP contribution in [0.25, 0.3) is 0 Å². The normalized spacial score (nSPS) is 19.3. The average Bonchev–Trinajstić information content (AvgIpc) is 3.04. The van der Waals surface area contributed by atoms with Crippen molar-refractivity contribution in [1.29, 1.82) is 0 Å². The van der Waals surface area contributed by atoms with Gasteiger partial charge in [-0.2, -0.15) is 0 Å². The first-order valence-corrected chi connectivity index (χ1v) is 10.6. The first-order valence-electron chi connectivity index (χ1n) is 10.2. The number of amides is 3. The van der Waals surface area contributed by atoms with Gasteiger partial charge < -0.3 is 4.90 Å². The van der Waals surface area contributed by atoms with Gasteiger partial charge in [0.1, 0.15) is 11.9 Å². The van der Waals surface area contributed by atoms with Crippen LogP contribution in [-0.2, 0) is 4.79 Å². The lowest BCUT2D eigenvalue weighted by molar-refractivity contribution is -0.384. The molecule has 8 nitrogen and oxygen atoms in total. The number of hydrogen-bond donors (Lipinski definition) is 0. The van der Waals surface area contributed by atoms with Crippen molar-refractivity contribution in [2.45, 2.75) is 19.0 Å². The lowest BCUT2D eigenvalue weighted by atomic mass is 9.85. The molecule has 2 atom stereocenters. The van der Waals surface area contributed by atoms with Gasteiger partial charge in [-0.05, 0) is 48.4 Å². The third kappa shape index (κ3) is 3.16. The van der Waals surface area contributed by atoms with Gasteiger partial charge in [0, 0.05) is 22.8 Å². The zero-order chi connectivity index (χ0) is 24.3. The highest BCUT2D eigenvalue weighted by atomic mass is 35.5. The first-order chi connectivity index (χ1) is 16.2. The molecule has 0 aliphatic carbocycles. The van der Waals surface area contributed by atoms with Gasteiger partial charge in [-0.15, -0.1) is 0 Å². The molecule has 10 heteroatoms. The van der Waals surface area contributed by atoms with Crippen LogP contribution in [0.5, 0.6) is 0 Å². The Kier molecular flexibility index (Phi) is 4.94. The summed E-state index contributed by atoms with van der Waals surface area (Å²) in [5.74, 6) is -2.65. The standard InChI is InChI=1S/C24H15ClFN3O5/c1-12-5-6-14(25)10-19(12)27-20(13-3-2-4-15(26)9-13)21(24(27)32)28-22(30)17-8-7-16(29(33)34)11-18(17)23(28)31/h2-11,20-21H,1H3. The maximum atomic E-state index is 14.1. The minimum absolute atomic E-state index is 0.0289. The molecule has 2 unspecified atom stereocenters. The predicted octanol–water partition coefficient (Wildman–Crippen LogP) is 4.45. The lowest BCUT2D eigenvalue weighted by Gasteiger charge is -2.50. The maximum Gasteiger partial charge on any atom is 0.270 e. The Morgan fingerprint density at radius 1 is 0.912 bits per heavy atom. The fraction of sp³-hybridized carbons (Fsp3) is 0.125. The van der Waals surface area contributed by atoms with Crippen LogP contribution in [0.1, 0.15) is 37.9 Å². The molecule has 3 aromatic carbocycles. The monoisotopic (exact) mass is 479 g/mol. The van der Waals surface area contributed by atoms with Crippen LogP contribution in [0.15, 0.2) is 60.7 Å². The van der Waals surface area contributed by atoms with E-state index in [1.54, 1.807) is 31.2 Å². The molecule has 1 saturated heterocycles. The van der Waals surface area contributed by atoms with Gasteiger partial charge in [0.15, 0.2) is 0 Å². The molecule has 0 saturated carbocycles. The number of β-lactam (4-membered cyclic amide) rings is 1. The molecule has 2 aliphatic rings. The van der Waals surface area contributed by atoms with Crippen molar-refractivity contribution in [1.82, 2.24) is 4.90 Å². The number of carbonyl (C=O) groups is 3. The van der Waals surface area contributed by atoms with E-state index in [9.17, 15) is 28.9 Å². The summed E-state index contributed by atoms with van der Waals surface area (Å²) < 4.78 is 14.1. The van der Waals surface area contributed by atoms with Crippen molar-refractivity contribution in [3.8, 4) is 0 Å². The van der Waals surface area contributed by atoms with E-state index in [1.807, 2.05) is 0 Å². The van der Waals surface area contributed by atoms with E-state index >= 15 is 0 Å². The highest BCUT2D eigenvalue weighted by molar-refractivity contribution is 6.31. The fourth-order valence-corrected chi connectivity index (χ4v) is 4.64. The number of benzene rings is 3. The van der Waals surface area contributed by atoms with Gasteiger partial charge in [-0.3, -0.25) is 29.4 Å². The molecule has 5 rings (SSSR count). The number of rotatable bonds is 4. The van der Waals surface area contributed by atoms with E-state index < -0.39 is 40.5 Å². The highest BCUT2D eigenvalue weighted by Gasteiger charge is 2.57. The van der Waals surface area contributed by atoms with Gasteiger partial charge in [0.2, 0.25) is 0 Å². The molecule has 0 radical (unpaired) electrons. The van der Waals surface area contributed by atoms with Gasteiger partial charge in [0.25, 0.3) is 23.4 Å². The van der Waals surface area contributed by atoms with Crippen LogP contribution in [0.3, 0.4) is 0 Å². The maximum absolute atomic E-state index is 14.1. The molecule has 0 spiro atoms. The lowest BCUT2D eigenvalue weighted by Crippen LogP contribution is -2.67. The second-order valence-corrected chi connectivity index (χ2v) is 8.49. The molecular formula is C24H15ClFN3O5. The molecular weight excluding hydrogens is 465 g/mol. The summed E-state index contributed by atoms with van der Waals surface area (Å²) in [4.78, 5) is 52.4. The average molecular weight is 480 g/mol. The van der Waals surface area contributed by atoms with Gasteiger partial charge in [0.05, 0.1) is 22.1 Å². The van der Waals surface area contributed by atoms with Crippen LogP contribution >= 0.6 is 11.6 Å². The molecule has 0 N–H and O–H groups in total. The molecule has 3 amide bonds. The third-order valence-corrected chi connectivity index (χ3v) is 6.31. The molecule has 3 aromatic rings. The molecule has 170 valence electrons. The van der Waals surface area contributed by atoms with Crippen molar-refractivity contribution in [3.63, 3.8) is 0 Å². The summed E-state index contributed by atoms with van der Waals surface area (Å²) in [5.41, 5.74) is 1.04. The molecule has 0 bridgehead atoms. The van der Waals surface area contributed by atoms with E-state index in [2.05, 4.69) is 0 Å². The molecule has 1 fully saturated rings. The van der Waals surface area contributed by atoms with Crippen molar-refractivity contribution < 1.29 is 23.7 Å². The third-order valence-electron chi connectivity index (χ3n) is 6.08. The summed E-state index contributed by atoms with van der Waals surface area (Å²) in [7, 11) is 0. The largest absolute Gasteiger partial charge is 0.300 e. The van der Waals surface area contributed by atoms with E-state index in [1.165, 1.54) is 29.2 Å². The Labute approximate surface area is 197 Å². The fourth-order valence-electron chi connectivity index (χ4n) is 4.47. The Morgan fingerprint density at radius 2 is 1.65 bits per heavy atom. The number of imide groups is 1. The second-order valence-electron chi connectivity index (χ2n) is 8.05. The number of nitrogens with zero attached hydrogens (tertiary/aromatic N) is 3. The topological polar surface area (TPSA) is 101 Å². The number of hydrogen-bond acceptors (Lipinski definition) is 5. The van der Waals surface area contributed by atoms with Crippen LogP contribution in [0, 0.1) is 22.9 Å². The Morgan fingerprint density at radius 3 is 2.35 bits per heavy atom.